The van der Waals surface area contributed by atoms with Crippen molar-refractivity contribution in [2.24, 2.45) is 16.6 Å². The van der Waals surface area contributed by atoms with Crippen LogP contribution < -0.4 is 10.5 Å². The van der Waals surface area contributed by atoms with Crippen LogP contribution in [0.4, 0.5) is 13.6 Å². The molecule has 2 aliphatic rings. The second kappa shape index (κ2) is 10.4. The molecule has 8 nitrogen and oxygen atoms in total. The van der Waals surface area contributed by atoms with Gasteiger partial charge in [-0.3, -0.25) is 0 Å². The number of nitrogens with zero attached hydrogens (tertiary/aromatic N) is 4. The number of thioether (sulfide) groups is 1. The number of terminal acetylenes is 1. The number of halogens is 2. The number of hydrogen-bond acceptors (Lipinski definition) is 8. The van der Waals surface area contributed by atoms with E-state index < -0.39 is 28.9 Å². The van der Waals surface area contributed by atoms with Gasteiger partial charge in [0.05, 0.1) is 18.9 Å². The Hall–Kier alpha value is -3.65. The lowest BCUT2D eigenvalue weighted by atomic mass is 9.81. The Kier molecular flexibility index (Phi) is 7.41. The molecule has 194 valence electrons. The van der Waals surface area contributed by atoms with Gasteiger partial charge < -0.3 is 20.1 Å². The molecular formula is C26H27F2N5O3S. The van der Waals surface area contributed by atoms with Crippen molar-refractivity contribution in [3.8, 4) is 18.2 Å². The first-order chi connectivity index (χ1) is 17.5. The smallest absolute Gasteiger partial charge is 0.410 e. The Bertz CT molecular complexity index is 1290. The van der Waals surface area contributed by atoms with Gasteiger partial charge in [0.2, 0.25) is 5.88 Å². The van der Waals surface area contributed by atoms with Crippen molar-refractivity contribution < 1.29 is 23.0 Å². The van der Waals surface area contributed by atoms with Crippen molar-refractivity contribution in [2.75, 3.05) is 25.4 Å². The summed E-state index contributed by atoms with van der Waals surface area (Å²) in [6.45, 7) is 5.78. The highest BCUT2D eigenvalue weighted by atomic mass is 32.2. The van der Waals surface area contributed by atoms with E-state index in [-0.39, 0.29) is 36.2 Å². The van der Waals surface area contributed by atoms with Gasteiger partial charge in [-0.25, -0.2) is 28.5 Å². The summed E-state index contributed by atoms with van der Waals surface area (Å²) in [6.07, 6.45) is 8.35. The average Bonchev–Trinajstić information content (AvgIpc) is 3.23. The van der Waals surface area contributed by atoms with Crippen LogP contribution in [-0.4, -0.2) is 57.2 Å². The summed E-state index contributed by atoms with van der Waals surface area (Å²) < 4.78 is 41.0. The van der Waals surface area contributed by atoms with E-state index in [4.69, 9.17) is 21.6 Å². The van der Waals surface area contributed by atoms with Gasteiger partial charge in [0.15, 0.2) is 17.6 Å². The molecule has 4 rings (SSSR count). The minimum Gasteiger partial charge on any atom is -0.463 e. The molecule has 11 heteroatoms. The number of aromatic nitrogens is 2. The Labute approximate surface area is 218 Å². The summed E-state index contributed by atoms with van der Waals surface area (Å²) >= 11 is 1.36. The summed E-state index contributed by atoms with van der Waals surface area (Å²) in [6, 6.07) is 4.24. The van der Waals surface area contributed by atoms with Crippen molar-refractivity contribution >= 4 is 34.9 Å². The molecule has 1 saturated heterocycles. The number of rotatable bonds is 5. The first-order valence-electron chi connectivity index (χ1n) is 11.5. The van der Waals surface area contributed by atoms with Gasteiger partial charge in [0.1, 0.15) is 22.7 Å². The van der Waals surface area contributed by atoms with Crippen LogP contribution in [0.3, 0.4) is 0 Å². The zero-order chi connectivity index (χ0) is 26.8. The van der Waals surface area contributed by atoms with Crippen LogP contribution in [-0.2, 0) is 10.3 Å². The maximum Gasteiger partial charge on any atom is 0.410 e. The Morgan fingerprint density at radius 2 is 2.16 bits per heavy atom. The standard InChI is InChI=1S/C26H27F2N5O3S/c1-5-8-35-22-12-30-21(11-31-22)20(28)10-16-6-7-19(27)18(9-16)26-15-33(24(34)36-25(2,3)4)13-17(26)14-37-23(29)32-26/h1,6-7,9-12,17H,8,13-15H2,2-4H3,(H2,29,32)/b20-10-/t17-,26-/m0/s1. The van der Waals surface area contributed by atoms with Gasteiger partial charge in [0, 0.05) is 23.8 Å². The summed E-state index contributed by atoms with van der Waals surface area (Å²) in [4.78, 5) is 27.0. The third-order valence-electron chi connectivity index (χ3n) is 5.87. The summed E-state index contributed by atoms with van der Waals surface area (Å²) in [7, 11) is 0. The molecule has 0 radical (unpaired) electrons. The van der Waals surface area contributed by atoms with Crippen molar-refractivity contribution in [2.45, 2.75) is 31.9 Å². The van der Waals surface area contributed by atoms with Gasteiger partial charge in [-0.2, -0.15) is 0 Å². The van der Waals surface area contributed by atoms with E-state index in [1.807, 2.05) is 0 Å². The predicted molar refractivity (Wildman–Crippen MR) is 139 cm³/mol. The van der Waals surface area contributed by atoms with Gasteiger partial charge in [-0.1, -0.05) is 23.7 Å². The first kappa shape index (κ1) is 26.4. The molecule has 37 heavy (non-hydrogen) atoms. The zero-order valence-corrected chi connectivity index (χ0v) is 21.5. The van der Waals surface area contributed by atoms with Gasteiger partial charge in [-0.15, -0.1) is 6.42 Å². The monoisotopic (exact) mass is 527 g/mol. The van der Waals surface area contributed by atoms with Crippen LogP contribution in [0.25, 0.3) is 11.9 Å². The van der Waals surface area contributed by atoms with E-state index in [0.29, 0.717) is 23.0 Å². The SMILES string of the molecule is C#CCOc1cnc(/C(F)=C/c2ccc(F)c([C@]34CN(C(=O)OC(C)(C)C)C[C@H]3CSC(N)=N4)c2)cn1. The van der Waals surface area contributed by atoms with E-state index in [1.165, 1.54) is 53.3 Å². The largest absolute Gasteiger partial charge is 0.463 e. The Balaban J connectivity index is 1.66. The average molecular weight is 528 g/mol. The molecule has 0 saturated carbocycles. The quantitative estimate of drug-likeness (QED) is 0.581. The van der Waals surface area contributed by atoms with E-state index >= 15 is 8.78 Å². The predicted octanol–water partition coefficient (Wildman–Crippen LogP) is 4.22. The number of ether oxygens (including phenoxy) is 2. The highest BCUT2D eigenvalue weighted by Gasteiger charge is 2.53. The van der Waals surface area contributed by atoms with Crippen LogP contribution in [0.15, 0.2) is 35.6 Å². The molecule has 0 spiro atoms. The molecule has 1 aromatic heterocycles. The Morgan fingerprint density at radius 1 is 1.38 bits per heavy atom. The fourth-order valence-corrected chi connectivity index (χ4v) is 5.26. The molecule has 3 heterocycles. The van der Waals surface area contributed by atoms with Gasteiger partial charge in [0.25, 0.3) is 0 Å². The lowest BCUT2D eigenvalue weighted by molar-refractivity contribution is 0.0282. The third-order valence-corrected chi connectivity index (χ3v) is 6.82. The first-order valence-corrected chi connectivity index (χ1v) is 12.5. The van der Waals surface area contributed by atoms with Gasteiger partial charge in [-0.05, 0) is 44.5 Å². The van der Waals surface area contributed by atoms with E-state index in [2.05, 4.69) is 20.9 Å². The highest BCUT2D eigenvalue weighted by Crippen LogP contribution is 2.46. The van der Waals surface area contributed by atoms with Crippen molar-refractivity contribution in [1.82, 2.24) is 14.9 Å². The molecule has 1 fully saturated rings. The molecule has 2 aromatic rings. The van der Waals surface area contributed by atoms with Crippen LogP contribution in [0.2, 0.25) is 0 Å². The lowest BCUT2D eigenvalue weighted by Crippen LogP contribution is -2.41. The third kappa shape index (κ3) is 5.85. The van der Waals surface area contributed by atoms with Crippen LogP contribution in [0, 0.1) is 24.1 Å². The molecule has 1 amide bonds. The molecule has 0 bridgehead atoms. The second-order valence-corrected chi connectivity index (χ2v) is 10.7. The van der Waals surface area contributed by atoms with E-state index in [1.54, 1.807) is 20.8 Å². The Morgan fingerprint density at radius 3 is 2.84 bits per heavy atom. The van der Waals surface area contributed by atoms with E-state index in [0.717, 1.165) is 0 Å². The van der Waals surface area contributed by atoms with Crippen LogP contribution in [0.5, 0.6) is 5.88 Å². The zero-order valence-electron chi connectivity index (χ0n) is 20.7. The number of likely N-dealkylation sites (tertiary alicyclic amines) is 1. The van der Waals surface area contributed by atoms with Crippen molar-refractivity contribution in [3.05, 3.63) is 53.2 Å². The summed E-state index contributed by atoms with van der Waals surface area (Å²) in [5.41, 5.74) is 4.87. The summed E-state index contributed by atoms with van der Waals surface area (Å²) in [5.74, 6) is 1.62. The molecule has 2 atom stereocenters. The molecule has 0 unspecified atom stereocenters. The summed E-state index contributed by atoms with van der Waals surface area (Å²) in [5, 5.41) is 0.302. The molecule has 2 aliphatic heterocycles. The number of fused-ring (bicyclic) bond motifs is 1. The number of benzene rings is 1. The molecule has 2 N–H and O–H groups in total. The number of amides is 1. The lowest BCUT2D eigenvalue weighted by Gasteiger charge is -2.35. The number of amidine groups is 1. The number of aliphatic imine (C=N–C) groups is 1. The highest BCUT2D eigenvalue weighted by molar-refractivity contribution is 8.13. The van der Waals surface area contributed by atoms with Gasteiger partial charge >= 0.3 is 6.09 Å². The van der Waals surface area contributed by atoms with Crippen molar-refractivity contribution in [1.29, 1.82) is 0 Å². The minimum atomic E-state index is -1.12. The van der Waals surface area contributed by atoms with Crippen LogP contribution in [0.1, 0.15) is 37.6 Å². The fourth-order valence-electron chi connectivity index (χ4n) is 4.28. The molecule has 0 aliphatic carbocycles. The van der Waals surface area contributed by atoms with Crippen molar-refractivity contribution in [3.63, 3.8) is 0 Å². The maximum absolute atomic E-state index is 15.3. The second-order valence-electron chi connectivity index (χ2n) is 9.71. The van der Waals surface area contributed by atoms with Crippen LogP contribution >= 0.6 is 11.8 Å². The fraction of sp³-hybridized carbons (Fsp3) is 0.385. The number of carbonyl (C=O) groups excluding carboxylic acids is 1. The number of carbonyl (C=O) groups is 1. The van der Waals surface area contributed by atoms with E-state index in [9.17, 15) is 4.79 Å². The molecule has 1 aromatic carbocycles. The number of nitrogens with two attached hydrogens (primary N) is 1. The minimum absolute atomic E-state index is 0.0182. The molecular weight excluding hydrogens is 500 g/mol. The normalized spacial score (nSPS) is 21.6. The maximum atomic E-state index is 15.3. The number of hydrogen-bond donors (Lipinski definition) is 1. The topological polar surface area (TPSA) is 103 Å².